The number of hydrogen-bond acceptors (Lipinski definition) is 3. The predicted octanol–water partition coefficient (Wildman–Crippen LogP) is 3.26. The third-order valence-electron chi connectivity index (χ3n) is 2.73. The summed E-state index contributed by atoms with van der Waals surface area (Å²) in [5, 5.41) is 0. The first-order chi connectivity index (χ1) is 9.55. The van der Waals surface area contributed by atoms with Crippen LogP contribution in [0.25, 0.3) is 0 Å². The number of anilines is 1. The number of benzene rings is 1. The monoisotopic (exact) mass is 281 g/mol. The molecule has 0 unspecified atom stereocenters. The van der Waals surface area contributed by atoms with Crippen LogP contribution < -0.4 is 10.9 Å². The van der Waals surface area contributed by atoms with Crippen LogP contribution in [0, 0.1) is 0 Å². The molecule has 0 fully saturated rings. The van der Waals surface area contributed by atoms with Gasteiger partial charge in [-0.25, -0.2) is 5.43 Å². The van der Waals surface area contributed by atoms with Gasteiger partial charge in [0.2, 0.25) is 0 Å². The molecule has 0 radical (unpaired) electrons. The smallest absolute Gasteiger partial charge is 0.321 e. The fourth-order valence-corrected chi connectivity index (χ4v) is 1.67. The molecule has 1 aromatic carbocycles. The summed E-state index contributed by atoms with van der Waals surface area (Å²) in [6, 6.07) is 8.82. The summed E-state index contributed by atoms with van der Waals surface area (Å²) in [6.07, 6.45) is -0.310. The number of nitrogens with zero attached hydrogens (tertiary/aromatic N) is 1. The van der Waals surface area contributed by atoms with Crippen molar-refractivity contribution in [2.45, 2.75) is 12.6 Å². The minimum atomic E-state index is -4.28. The Bertz CT molecular complexity index is 524. The van der Waals surface area contributed by atoms with E-state index < -0.39 is 11.7 Å². The second-order valence-corrected chi connectivity index (χ2v) is 4.23. The highest BCUT2D eigenvalue weighted by atomic mass is 19.4. The second kappa shape index (κ2) is 6.38. The number of halogens is 3. The lowest BCUT2D eigenvalue weighted by Crippen LogP contribution is -2.24. The van der Waals surface area contributed by atoms with Gasteiger partial charge in [-0.15, -0.1) is 0 Å². The van der Waals surface area contributed by atoms with Gasteiger partial charge in [-0.05, 0) is 36.2 Å². The summed E-state index contributed by atoms with van der Waals surface area (Å²) < 4.78 is 37.2. The first kappa shape index (κ1) is 14.3. The van der Waals surface area contributed by atoms with Crippen LogP contribution in [-0.2, 0) is 12.6 Å². The van der Waals surface area contributed by atoms with Gasteiger partial charge in [0.1, 0.15) is 0 Å². The summed E-state index contributed by atoms with van der Waals surface area (Å²) >= 11 is 0. The molecular formula is C14H14F3N3. The zero-order valence-electron chi connectivity index (χ0n) is 10.6. The molecule has 0 aliphatic heterocycles. The van der Waals surface area contributed by atoms with E-state index >= 15 is 0 Å². The van der Waals surface area contributed by atoms with Crippen LogP contribution in [0.5, 0.6) is 0 Å². The average molecular weight is 281 g/mol. The first-order valence-electron chi connectivity index (χ1n) is 6.11. The molecule has 0 atom stereocenters. The summed E-state index contributed by atoms with van der Waals surface area (Å²) in [7, 11) is 0. The Morgan fingerprint density at radius 1 is 0.950 bits per heavy atom. The van der Waals surface area contributed by atoms with E-state index in [2.05, 4.69) is 15.8 Å². The van der Waals surface area contributed by atoms with Gasteiger partial charge < -0.3 is 5.43 Å². The van der Waals surface area contributed by atoms with Gasteiger partial charge in [0, 0.05) is 18.9 Å². The molecule has 1 heterocycles. The lowest BCUT2D eigenvalue weighted by molar-refractivity contribution is -0.137. The van der Waals surface area contributed by atoms with Gasteiger partial charge in [0.15, 0.2) is 0 Å². The van der Waals surface area contributed by atoms with E-state index in [4.69, 9.17) is 0 Å². The molecule has 0 saturated heterocycles. The van der Waals surface area contributed by atoms with Gasteiger partial charge in [0.05, 0.1) is 11.3 Å². The van der Waals surface area contributed by atoms with Crippen molar-refractivity contribution in [1.29, 1.82) is 0 Å². The first-order valence-corrected chi connectivity index (χ1v) is 6.11. The fourth-order valence-electron chi connectivity index (χ4n) is 1.67. The van der Waals surface area contributed by atoms with Crippen LogP contribution in [0.3, 0.4) is 0 Å². The van der Waals surface area contributed by atoms with E-state index in [9.17, 15) is 13.2 Å². The molecule has 0 spiro atoms. The summed E-state index contributed by atoms with van der Waals surface area (Å²) in [5.74, 6) is 0. The Balaban J connectivity index is 1.77. The number of alkyl halides is 3. The molecular weight excluding hydrogens is 267 g/mol. The third-order valence-corrected chi connectivity index (χ3v) is 2.73. The molecule has 0 amide bonds. The van der Waals surface area contributed by atoms with Gasteiger partial charge in [-0.1, -0.05) is 12.1 Å². The zero-order chi connectivity index (χ0) is 14.4. The number of rotatable bonds is 5. The number of aromatic nitrogens is 1. The summed E-state index contributed by atoms with van der Waals surface area (Å²) in [6.45, 7) is 0.605. The van der Waals surface area contributed by atoms with Gasteiger partial charge in [-0.3, -0.25) is 4.98 Å². The minimum Gasteiger partial charge on any atom is -0.321 e. The van der Waals surface area contributed by atoms with Crippen molar-refractivity contribution >= 4 is 5.69 Å². The predicted molar refractivity (Wildman–Crippen MR) is 71.0 cm³/mol. The maximum Gasteiger partial charge on any atom is 0.416 e. The van der Waals surface area contributed by atoms with Crippen molar-refractivity contribution in [2.24, 2.45) is 0 Å². The standard InChI is InChI=1S/C14H14F3N3/c15-14(16,17)12-3-1-11(2-4-12)5-10-19-20-13-6-8-18-9-7-13/h1-4,6-9,19H,5,10H2,(H,18,20). The molecule has 0 bridgehead atoms. The van der Waals surface area contributed by atoms with E-state index in [0.29, 0.717) is 13.0 Å². The number of nitrogens with one attached hydrogen (secondary N) is 2. The molecule has 3 nitrogen and oxygen atoms in total. The number of hydrogen-bond donors (Lipinski definition) is 2. The third kappa shape index (κ3) is 4.24. The molecule has 6 heteroatoms. The van der Waals surface area contributed by atoms with E-state index in [1.807, 2.05) is 12.1 Å². The lowest BCUT2D eigenvalue weighted by Gasteiger charge is -2.09. The molecule has 1 aromatic heterocycles. The fraction of sp³-hybridized carbons (Fsp3) is 0.214. The van der Waals surface area contributed by atoms with Crippen LogP contribution >= 0.6 is 0 Å². The Labute approximate surface area is 114 Å². The second-order valence-electron chi connectivity index (χ2n) is 4.23. The molecule has 0 aliphatic carbocycles. The van der Waals surface area contributed by atoms with Crippen molar-refractivity contribution in [3.8, 4) is 0 Å². The van der Waals surface area contributed by atoms with Crippen molar-refractivity contribution in [1.82, 2.24) is 10.4 Å². The van der Waals surface area contributed by atoms with Crippen molar-refractivity contribution < 1.29 is 13.2 Å². The largest absolute Gasteiger partial charge is 0.416 e. The van der Waals surface area contributed by atoms with Crippen molar-refractivity contribution in [2.75, 3.05) is 12.0 Å². The topological polar surface area (TPSA) is 37.0 Å². The number of pyridine rings is 1. The van der Waals surface area contributed by atoms with Crippen LogP contribution in [0.2, 0.25) is 0 Å². The van der Waals surface area contributed by atoms with Gasteiger partial charge >= 0.3 is 6.18 Å². The minimum absolute atomic E-state index is 0.605. The Morgan fingerprint density at radius 3 is 2.20 bits per heavy atom. The van der Waals surface area contributed by atoms with Crippen LogP contribution in [0.4, 0.5) is 18.9 Å². The maximum atomic E-state index is 12.4. The van der Waals surface area contributed by atoms with E-state index in [-0.39, 0.29) is 0 Å². The summed E-state index contributed by atoms with van der Waals surface area (Å²) in [4.78, 5) is 3.89. The Morgan fingerprint density at radius 2 is 1.60 bits per heavy atom. The molecule has 2 N–H and O–H groups in total. The van der Waals surface area contributed by atoms with E-state index in [0.717, 1.165) is 23.4 Å². The van der Waals surface area contributed by atoms with Crippen molar-refractivity contribution in [3.05, 3.63) is 59.9 Å². The van der Waals surface area contributed by atoms with Gasteiger partial charge in [0.25, 0.3) is 0 Å². The van der Waals surface area contributed by atoms with Crippen LogP contribution in [0.1, 0.15) is 11.1 Å². The Hall–Kier alpha value is -2.08. The highest BCUT2D eigenvalue weighted by Crippen LogP contribution is 2.29. The Kier molecular flexibility index (Phi) is 4.57. The highest BCUT2D eigenvalue weighted by molar-refractivity contribution is 5.39. The molecule has 106 valence electrons. The van der Waals surface area contributed by atoms with Crippen LogP contribution in [-0.4, -0.2) is 11.5 Å². The maximum absolute atomic E-state index is 12.4. The average Bonchev–Trinajstić information content (AvgIpc) is 2.44. The molecule has 2 rings (SSSR count). The molecule has 20 heavy (non-hydrogen) atoms. The normalized spacial score (nSPS) is 11.3. The molecule has 0 saturated carbocycles. The zero-order valence-corrected chi connectivity index (χ0v) is 10.6. The molecule has 0 aliphatic rings. The highest BCUT2D eigenvalue weighted by Gasteiger charge is 2.29. The van der Waals surface area contributed by atoms with E-state index in [1.165, 1.54) is 12.1 Å². The van der Waals surface area contributed by atoms with Crippen LogP contribution in [0.15, 0.2) is 48.8 Å². The SMILES string of the molecule is FC(F)(F)c1ccc(CCNNc2ccncc2)cc1. The van der Waals surface area contributed by atoms with Gasteiger partial charge in [-0.2, -0.15) is 13.2 Å². The van der Waals surface area contributed by atoms with E-state index in [1.54, 1.807) is 12.4 Å². The molecule has 2 aromatic rings. The quantitative estimate of drug-likeness (QED) is 0.652. The van der Waals surface area contributed by atoms with Crippen molar-refractivity contribution in [3.63, 3.8) is 0 Å². The number of hydrazine groups is 1. The summed E-state index contributed by atoms with van der Waals surface area (Å²) in [5.41, 5.74) is 7.09. The lowest BCUT2D eigenvalue weighted by atomic mass is 10.1.